The van der Waals surface area contributed by atoms with E-state index in [0.29, 0.717) is 5.41 Å². The van der Waals surface area contributed by atoms with Gasteiger partial charge < -0.3 is 5.11 Å². The molecular weight excluding hydrogens is 340 g/mol. The first-order valence-electron chi connectivity index (χ1n) is 12.1. The van der Waals surface area contributed by atoms with Gasteiger partial charge in [-0.3, -0.25) is 0 Å². The number of fused-ring (bicyclic) bond motifs is 1. The molecule has 3 saturated carbocycles. The summed E-state index contributed by atoms with van der Waals surface area (Å²) < 4.78 is 0. The van der Waals surface area contributed by atoms with E-state index in [1.165, 1.54) is 62.5 Å². The highest BCUT2D eigenvalue weighted by Gasteiger charge is 2.50. The fourth-order valence-electron chi connectivity index (χ4n) is 6.66. The molecule has 28 heavy (non-hydrogen) atoms. The maximum Gasteiger partial charge on any atom is 0.0583 e. The average molecular weight is 385 g/mol. The minimum atomic E-state index is -0.172. The molecule has 0 spiro atoms. The third-order valence-corrected chi connectivity index (χ3v) is 8.35. The first kappa shape index (κ1) is 21.9. The van der Waals surface area contributed by atoms with Gasteiger partial charge in [-0.25, -0.2) is 0 Å². The van der Waals surface area contributed by atoms with E-state index in [2.05, 4.69) is 46.4 Å². The zero-order valence-corrected chi connectivity index (χ0v) is 19.0. The number of hydrogen-bond donors (Lipinski definition) is 1. The normalized spacial score (nSPS) is 37.6. The highest BCUT2D eigenvalue weighted by Crippen LogP contribution is 2.59. The second kappa shape index (κ2) is 9.33. The van der Waals surface area contributed by atoms with Crippen LogP contribution in [0.5, 0.6) is 0 Å². The Balaban J connectivity index is 1.70. The molecule has 1 unspecified atom stereocenters. The summed E-state index contributed by atoms with van der Waals surface area (Å²) in [6, 6.07) is 0. The van der Waals surface area contributed by atoms with Crippen molar-refractivity contribution in [2.24, 2.45) is 29.1 Å². The van der Waals surface area contributed by atoms with E-state index in [9.17, 15) is 5.11 Å². The first-order valence-corrected chi connectivity index (χ1v) is 12.1. The van der Waals surface area contributed by atoms with Crippen molar-refractivity contribution in [1.82, 2.24) is 0 Å². The van der Waals surface area contributed by atoms with Gasteiger partial charge in [0.05, 0.1) is 6.10 Å². The molecule has 0 heterocycles. The molecule has 0 amide bonds. The van der Waals surface area contributed by atoms with Crippen molar-refractivity contribution in [2.75, 3.05) is 0 Å². The Kier molecular flexibility index (Phi) is 7.29. The van der Waals surface area contributed by atoms with Gasteiger partial charge in [-0.1, -0.05) is 76.8 Å². The van der Waals surface area contributed by atoms with Crippen molar-refractivity contribution in [1.29, 1.82) is 0 Å². The Labute approximate surface area is 174 Å². The van der Waals surface area contributed by atoms with Gasteiger partial charge in [-0.05, 0) is 86.0 Å². The lowest BCUT2D eigenvalue weighted by atomic mass is 9.60. The molecule has 0 saturated heterocycles. The van der Waals surface area contributed by atoms with Gasteiger partial charge in [0.2, 0.25) is 0 Å². The van der Waals surface area contributed by atoms with Gasteiger partial charge in [0.25, 0.3) is 0 Å². The zero-order chi connectivity index (χ0) is 20.3. The van der Waals surface area contributed by atoms with Crippen molar-refractivity contribution in [3.05, 3.63) is 35.5 Å². The van der Waals surface area contributed by atoms with Crippen molar-refractivity contribution in [3.63, 3.8) is 0 Å². The number of hydrogen-bond acceptors (Lipinski definition) is 1. The molecule has 0 aromatic carbocycles. The topological polar surface area (TPSA) is 20.2 Å². The molecule has 3 aliphatic carbocycles. The summed E-state index contributed by atoms with van der Waals surface area (Å²) in [6.07, 6.45) is 18.2. The summed E-state index contributed by atoms with van der Waals surface area (Å²) in [5.74, 6) is 3.37. The summed E-state index contributed by atoms with van der Waals surface area (Å²) >= 11 is 0. The van der Waals surface area contributed by atoms with Crippen molar-refractivity contribution < 1.29 is 5.11 Å². The number of rotatable bonds is 6. The Morgan fingerprint density at radius 1 is 1.11 bits per heavy atom. The van der Waals surface area contributed by atoms with Crippen LogP contribution >= 0.6 is 0 Å². The molecule has 0 aliphatic heterocycles. The van der Waals surface area contributed by atoms with Crippen LogP contribution in [-0.4, -0.2) is 11.2 Å². The van der Waals surface area contributed by atoms with Crippen LogP contribution in [0.25, 0.3) is 0 Å². The van der Waals surface area contributed by atoms with Gasteiger partial charge in [-0.15, -0.1) is 0 Å². The largest absolute Gasteiger partial charge is 0.393 e. The second-order valence-corrected chi connectivity index (χ2v) is 10.8. The van der Waals surface area contributed by atoms with E-state index in [0.717, 1.165) is 42.9 Å². The summed E-state index contributed by atoms with van der Waals surface area (Å²) in [6.45, 7) is 14.1. The molecule has 0 radical (unpaired) electrons. The highest BCUT2D eigenvalue weighted by atomic mass is 16.3. The molecule has 0 aromatic heterocycles. The minimum Gasteiger partial charge on any atom is -0.393 e. The van der Waals surface area contributed by atoms with Gasteiger partial charge in [0, 0.05) is 0 Å². The van der Waals surface area contributed by atoms with E-state index in [4.69, 9.17) is 0 Å². The Bertz CT molecular complexity index is 610. The maximum atomic E-state index is 10.0. The third-order valence-electron chi connectivity index (χ3n) is 8.35. The highest BCUT2D eigenvalue weighted by molar-refractivity contribution is 5.36. The standard InChI is InChI=1S/C27H44O/c1-19(2)8-6-9-21(4)25-15-16-26-22(10-7-17-27(25,26)5)12-13-23-18-24(28)14-11-20(23)3/h12-13,19,21,24-26,28H,3,6-11,14-18H2,1-2,4-5H3/b22-12+,23-13-/t21-,24+,25-,26?,27-/m1/s1. The average Bonchev–Trinajstić information content (AvgIpc) is 2.99. The van der Waals surface area contributed by atoms with E-state index in [1.54, 1.807) is 5.57 Å². The molecule has 3 rings (SSSR count). The van der Waals surface area contributed by atoms with E-state index >= 15 is 0 Å². The Hall–Kier alpha value is -0.820. The smallest absolute Gasteiger partial charge is 0.0583 e. The fraction of sp³-hybridized carbons (Fsp3) is 0.778. The summed E-state index contributed by atoms with van der Waals surface area (Å²) in [5, 5.41) is 10.0. The van der Waals surface area contributed by atoms with Crippen LogP contribution in [0.15, 0.2) is 35.5 Å². The number of allylic oxidation sites excluding steroid dienone is 4. The molecule has 1 nitrogen and oxygen atoms in total. The van der Waals surface area contributed by atoms with E-state index in [1.807, 2.05) is 0 Å². The van der Waals surface area contributed by atoms with Crippen LogP contribution in [0.1, 0.15) is 98.3 Å². The van der Waals surface area contributed by atoms with Crippen molar-refractivity contribution in [2.45, 2.75) is 104 Å². The molecule has 5 atom stereocenters. The predicted octanol–water partition coefficient (Wildman–Crippen LogP) is 7.62. The summed E-state index contributed by atoms with van der Waals surface area (Å²) in [5.41, 5.74) is 4.72. The maximum absolute atomic E-state index is 10.0. The van der Waals surface area contributed by atoms with Gasteiger partial charge in [-0.2, -0.15) is 0 Å². The second-order valence-electron chi connectivity index (χ2n) is 10.8. The van der Waals surface area contributed by atoms with E-state index < -0.39 is 0 Å². The third kappa shape index (κ3) is 4.84. The minimum absolute atomic E-state index is 0.172. The van der Waals surface area contributed by atoms with E-state index in [-0.39, 0.29) is 6.10 Å². The number of aliphatic hydroxyl groups is 1. The Morgan fingerprint density at radius 2 is 1.89 bits per heavy atom. The van der Waals surface area contributed by atoms with Crippen LogP contribution in [-0.2, 0) is 0 Å². The van der Waals surface area contributed by atoms with Crippen LogP contribution in [0.4, 0.5) is 0 Å². The summed E-state index contributed by atoms with van der Waals surface area (Å²) in [4.78, 5) is 0. The molecular formula is C27H44O. The van der Waals surface area contributed by atoms with Gasteiger partial charge >= 0.3 is 0 Å². The first-order chi connectivity index (χ1) is 13.3. The van der Waals surface area contributed by atoms with Crippen molar-refractivity contribution in [3.8, 4) is 0 Å². The summed E-state index contributed by atoms with van der Waals surface area (Å²) in [7, 11) is 0. The number of aliphatic hydroxyl groups excluding tert-OH is 1. The zero-order valence-electron chi connectivity index (χ0n) is 19.0. The molecule has 3 fully saturated rings. The SMILES string of the molecule is C=C1CC[C@H](O)C/C1=C/C=C1\CCC[C@@]2(C)C1CC[C@@H]2[C@H](C)CCCC(C)C. The predicted molar refractivity (Wildman–Crippen MR) is 121 cm³/mol. The lowest BCUT2D eigenvalue weighted by Crippen LogP contribution is -2.36. The molecule has 0 aromatic rings. The van der Waals surface area contributed by atoms with Crippen LogP contribution in [0.3, 0.4) is 0 Å². The monoisotopic (exact) mass is 384 g/mol. The molecule has 1 heteroatoms. The molecule has 0 bridgehead atoms. The molecule has 3 aliphatic rings. The van der Waals surface area contributed by atoms with Gasteiger partial charge in [0.15, 0.2) is 0 Å². The van der Waals surface area contributed by atoms with Crippen LogP contribution in [0.2, 0.25) is 0 Å². The van der Waals surface area contributed by atoms with Gasteiger partial charge in [0.1, 0.15) is 0 Å². The van der Waals surface area contributed by atoms with Crippen LogP contribution < -0.4 is 0 Å². The molecule has 1 N–H and O–H groups in total. The lowest BCUT2D eigenvalue weighted by molar-refractivity contribution is 0.0929. The van der Waals surface area contributed by atoms with Crippen LogP contribution in [0, 0.1) is 29.1 Å². The van der Waals surface area contributed by atoms with Crippen molar-refractivity contribution >= 4 is 0 Å². The molecule has 158 valence electrons. The fourth-order valence-corrected chi connectivity index (χ4v) is 6.66. The quantitative estimate of drug-likeness (QED) is 0.499. The lowest BCUT2D eigenvalue weighted by Gasteiger charge is -2.44. The Morgan fingerprint density at radius 3 is 2.64 bits per heavy atom.